The Kier molecular flexibility index (Phi) is 7.23. The Morgan fingerprint density at radius 1 is 0.633 bits per heavy atom. The van der Waals surface area contributed by atoms with E-state index >= 15 is 0 Å². The first kappa shape index (κ1) is 31.0. The first-order chi connectivity index (χ1) is 23.5. The van der Waals surface area contributed by atoms with Crippen molar-refractivity contribution in [2.45, 2.75) is 53.3 Å². The molecule has 0 bridgehead atoms. The molecule has 0 aliphatic heterocycles. The lowest BCUT2D eigenvalue weighted by molar-refractivity contribution is -0.731. The second-order valence-electron chi connectivity index (χ2n) is 14.9. The topological polar surface area (TPSA) is 26.6 Å². The van der Waals surface area contributed by atoms with Crippen molar-refractivity contribution in [1.29, 1.82) is 0 Å². The molecule has 0 aliphatic carbocycles. The van der Waals surface area contributed by atoms with Crippen LogP contribution in [-0.2, 0) is 5.54 Å². The number of aromatic nitrogens is 4. The van der Waals surface area contributed by atoms with Crippen LogP contribution in [0.25, 0.3) is 55.5 Å². The highest BCUT2D eigenvalue weighted by molar-refractivity contribution is 7.00. The molecule has 0 spiro atoms. The molecule has 0 fully saturated rings. The number of pyridine rings is 1. The number of para-hydroxylation sites is 3. The fourth-order valence-electron chi connectivity index (χ4n) is 7.64. The van der Waals surface area contributed by atoms with Crippen LogP contribution < -0.4 is 14.9 Å². The average Bonchev–Trinajstić information content (AvgIpc) is 3.65. The molecule has 0 unspecified atom stereocenters. The summed E-state index contributed by atoms with van der Waals surface area (Å²) in [4.78, 5) is 4.98. The van der Waals surface area contributed by atoms with Gasteiger partial charge in [-0.25, -0.2) is 9.55 Å². The summed E-state index contributed by atoms with van der Waals surface area (Å²) in [5, 5.41) is 5.30. The Balaban J connectivity index is 1.28. The zero-order chi connectivity index (χ0) is 34.1. The molecule has 4 nitrogen and oxygen atoms in total. The maximum atomic E-state index is 4.98. The molecular weight excluding hydrogens is 613 g/mol. The van der Waals surface area contributed by atoms with Crippen molar-refractivity contribution < 1.29 is 4.57 Å². The Morgan fingerprint density at radius 3 is 2.08 bits per heavy atom. The molecule has 5 heteroatoms. The van der Waals surface area contributed by atoms with Gasteiger partial charge in [-0.2, -0.15) is 4.57 Å². The van der Waals surface area contributed by atoms with Crippen LogP contribution in [0.15, 0.2) is 134 Å². The summed E-state index contributed by atoms with van der Waals surface area (Å²) in [7, 11) is -2.14. The smallest absolute Gasteiger partial charge is 0.250 e. The van der Waals surface area contributed by atoms with E-state index in [0.717, 1.165) is 5.82 Å². The SMILES string of the molecule is Cc1cccc(C)c1-c1ccnc(-n2c3ccccc3c3ccc([Si](C)(C)c4cccc(-n5c[n+](C(C)(C)C)c6ccccc65)c4)cc32)c1. The van der Waals surface area contributed by atoms with Crippen LogP contribution in [0.2, 0.25) is 13.1 Å². The maximum absolute atomic E-state index is 4.98. The summed E-state index contributed by atoms with van der Waals surface area (Å²) in [5.41, 5.74) is 11.0. The van der Waals surface area contributed by atoms with Crippen LogP contribution in [0.5, 0.6) is 0 Å². The van der Waals surface area contributed by atoms with E-state index < -0.39 is 8.07 Å². The van der Waals surface area contributed by atoms with Gasteiger partial charge in [0, 0.05) is 17.0 Å². The van der Waals surface area contributed by atoms with Crippen molar-refractivity contribution in [2.75, 3.05) is 0 Å². The van der Waals surface area contributed by atoms with Crippen molar-refractivity contribution in [3.05, 3.63) is 145 Å². The third-order valence-electron chi connectivity index (χ3n) is 10.3. The Morgan fingerprint density at radius 2 is 1.31 bits per heavy atom. The number of hydrogen-bond acceptors (Lipinski definition) is 1. The maximum Gasteiger partial charge on any atom is 0.250 e. The highest BCUT2D eigenvalue weighted by atomic mass is 28.3. The minimum atomic E-state index is -2.14. The summed E-state index contributed by atoms with van der Waals surface area (Å²) in [6.45, 7) is 16.1. The Hall–Kier alpha value is -5.26. The zero-order valence-corrected chi connectivity index (χ0v) is 30.5. The summed E-state index contributed by atoms with van der Waals surface area (Å²) in [6.07, 6.45) is 4.22. The molecule has 0 N–H and O–H groups in total. The van der Waals surface area contributed by atoms with Crippen molar-refractivity contribution >= 4 is 51.3 Å². The number of benzene rings is 5. The molecule has 3 aromatic heterocycles. The van der Waals surface area contributed by atoms with Gasteiger partial charge in [-0.15, -0.1) is 0 Å². The van der Waals surface area contributed by atoms with Gasteiger partial charge in [-0.3, -0.25) is 4.57 Å². The van der Waals surface area contributed by atoms with Crippen LogP contribution >= 0.6 is 0 Å². The quantitative estimate of drug-likeness (QED) is 0.134. The Bertz CT molecular complexity index is 2520. The first-order valence-electron chi connectivity index (χ1n) is 17.2. The van der Waals surface area contributed by atoms with Crippen LogP contribution in [0.1, 0.15) is 31.9 Å². The molecule has 5 aromatic carbocycles. The molecule has 0 saturated carbocycles. The van der Waals surface area contributed by atoms with Gasteiger partial charge in [-0.05, 0) is 105 Å². The number of aryl methyl sites for hydroxylation is 2. The molecular formula is C44H43N4Si+. The van der Waals surface area contributed by atoms with E-state index in [4.69, 9.17) is 4.98 Å². The largest absolute Gasteiger partial charge is 0.294 e. The monoisotopic (exact) mass is 655 g/mol. The van der Waals surface area contributed by atoms with Crippen LogP contribution in [0.4, 0.5) is 0 Å². The predicted molar refractivity (Wildman–Crippen MR) is 209 cm³/mol. The lowest BCUT2D eigenvalue weighted by Crippen LogP contribution is -2.53. The predicted octanol–water partition coefficient (Wildman–Crippen LogP) is 9.27. The van der Waals surface area contributed by atoms with E-state index in [1.54, 1.807) is 0 Å². The number of hydrogen-bond donors (Lipinski definition) is 0. The molecule has 0 amide bonds. The molecule has 0 aliphatic rings. The summed E-state index contributed by atoms with van der Waals surface area (Å²) in [6, 6.07) is 44.7. The van der Waals surface area contributed by atoms with Gasteiger partial charge in [0.05, 0.1) is 11.0 Å². The second-order valence-corrected chi connectivity index (χ2v) is 19.3. The van der Waals surface area contributed by atoms with Gasteiger partial charge in [-0.1, -0.05) is 96.3 Å². The number of imidazole rings is 1. The lowest BCUT2D eigenvalue weighted by atomic mass is 9.96. The van der Waals surface area contributed by atoms with Crippen molar-refractivity contribution in [3.63, 3.8) is 0 Å². The molecule has 8 rings (SSSR count). The van der Waals surface area contributed by atoms with Crippen LogP contribution in [-0.4, -0.2) is 22.2 Å². The summed E-state index contributed by atoms with van der Waals surface area (Å²) >= 11 is 0. The van der Waals surface area contributed by atoms with E-state index in [-0.39, 0.29) is 5.54 Å². The normalized spacial score (nSPS) is 12.4. The third kappa shape index (κ3) is 5.12. The van der Waals surface area contributed by atoms with Crippen molar-refractivity contribution in [3.8, 4) is 22.6 Å². The number of rotatable bonds is 5. The number of nitrogens with zero attached hydrogens (tertiary/aromatic N) is 4. The highest BCUT2D eigenvalue weighted by Gasteiger charge is 2.30. The fraction of sp³-hybridized carbons (Fsp3) is 0.182. The van der Waals surface area contributed by atoms with Gasteiger partial charge in [0.2, 0.25) is 6.33 Å². The molecule has 0 radical (unpaired) electrons. The highest BCUT2D eigenvalue weighted by Crippen LogP contribution is 2.34. The Labute approximate surface area is 289 Å². The van der Waals surface area contributed by atoms with Crippen LogP contribution in [0.3, 0.4) is 0 Å². The van der Waals surface area contributed by atoms with E-state index in [1.165, 1.54) is 71.2 Å². The molecule has 242 valence electrons. The third-order valence-corrected chi connectivity index (χ3v) is 13.8. The van der Waals surface area contributed by atoms with Gasteiger partial charge >= 0.3 is 0 Å². The zero-order valence-electron chi connectivity index (χ0n) is 29.5. The molecule has 49 heavy (non-hydrogen) atoms. The van der Waals surface area contributed by atoms with E-state index in [9.17, 15) is 0 Å². The lowest BCUT2D eigenvalue weighted by Gasteiger charge is -2.24. The number of fused-ring (bicyclic) bond motifs is 4. The van der Waals surface area contributed by atoms with Crippen molar-refractivity contribution in [2.24, 2.45) is 0 Å². The van der Waals surface area contributed by atoms with E-state index in [0.29, 0.717) is 0 Å². The molecule has 0 saturated heterocycles. The van der Waals surface area contributed by atoms with Gasteiger partial charge in [0.1, 0.15) is 25.1 Å². The molecule has 3 heterocycles. The minimum Gasteiger partial charge on any atom is -0.294 e. The fourth-order valence-corrected chi connectivity index (χ4v) is 9.99. The average molecular weight is 656 g/mol. The van der Waals surface area contributed by atoms with Gasteiger partial charge in [0.25, 0.3) is 0 Å². The van der Waals surface area contributed by atoms with Gasteiger partial charge < -0.3 is 0 Å². The van der Waals surface area contributed by atoms with Crippen molar-refractivity contribution in [1.82, 2.24) is 14.1 Å². The summed E-state index contributed by atoms with van der Waals surface area (Å²) in [5.74, 6) is 0.941. The molecule has 8 aromatic rings. The first-order valence-corrected chi connectivity index (χ1v) is 20.2. The summed E-state index contributed by atoms with van der Waals surface area (Å²) < 4.78 is 7.10. The van der Waals surface area contributed by atoms with E-state index in [2.05, 4.69) is 189 Å². The second kappa shape index (κ2) is 11.4. The van der Waals surface area contributed by atoms with Gasteiger partial charge in [0.15, 0.2) is 11.0 Å². The van der Waals surface area contributed by atoms with E-state index in [1.807, 2.05) is 6.20 Å². The van der Waals surface area contributed by atoms with Crippen LogP contribution in [0, 0.1) is 13.8 Å². The molecule has 0 atom stereocenters. The minimum absolute atomic E-state index is 0.0303. The standard InChI is InChI=1S/C44H43N4Si/c1-30-14-12-15-31(2)43(30)32-24-25-45-42(26-32)48-38-19-9-8-18-36(38)37-23-22-35(28-41(37)48)49(6,7)34-17-13-16-33(27-34)46-29-47(44(3,4)5)40-21-11-10-20-39(40)46/h8-29H,1-7H3/q+1.